The van der Waals surface area contributed by atoms with E-state index in [0.29, 0.717) is 19.4 Å². The average molecular weight is 434 g/mol. The number of benzene rings is 1. The Morgan fingerprint density at radius 3 is 2.74 bits per heavy atom. The second kappa shape index (κ2) is 8.17. The maximum atomic E-state index is 12.8. The SMILES string of the molecule is CCOC(=O)CCCCCn1c2c(c3ccc(Br)cc31)C(=O)CC(C)(C)C2. The Balaban J connectivity index is 1.81. The van der Waals surface area contributed by atoms with Gasteiger partial charge < -0.3 is 9.30 Å². The topological polar surface area (TPSA) is 48.3 Å². The Bertz CT molecular complexity index is 866. The van der Waals surface area contributed by atoms with E-state index in [9.17, 15) is 9.59 Å². The number of carbonyl (C=O) groups is 2. The predicted molar refractivity (Wildman–Crippen MR) is 111 cm³/mol. The number of ether oxygens (including phenoxy) is 1. The second-order valence-corrected chi connectivity index (χ2v) is 9.11. The van der Waals surface area contributed by atoms with Crippen molar-refractivity contribution in [2.24, 2.45) is 5.41 Å². The summed E-state index contributed by atoms with van der Waals surface area (Å²) in [6.07, 6.45) is 4.80. The van der Waals surface area contributed by atoms with E-state index in [4.69, 9.17) is 4.74 Å². The number of fused-ring (bicyclic) bond motifs is 3. The highest BCUT2D eigenvalue weighted by atomic mass is 79.9. The molecule has 1 aliphatic rings. The summed E-state index contributed by atoms with van der Waals surface area (Å²) in [5.74, 6) is 0.146. The van der Waals surface area contributed by atoms with E-state index in [-0.39, 0.29) is 17.2 Å². The fourth-order valence-electron chi connectivity index (χ4n) is 4.11. The molecular weight excluding hydrogens is 406 g/mol. The van der Waals surface area contributed by atoms with Crippen LogP contribution in [-0.4, -0.2) is 22.9 Å². The van der Waals surface area contributed by atoms with Gasteiger partial charge in [0.05, 0.1) is 12.1 Å². The van der Waals surface area contributed by atoms with Crippen molar-refractivity contribution in [2.45, 2.75) is 65.8 Å². The number of ketones is 1. The van der Waals surface area contributed by atoms with Crippen LogP contribution in [0.15, 0.2) is 22.7 Å². The monoisotopic (exact) mass is 433 g/mol. The minimum Gasteiger partial charge on any atom is -0.466 e. The fourth-order valence-corrected chi connectivity index (χ4v) is 4.46. The van der Waals surface area contributed by atoms with Gasteiger partial charge in [-0.05, 0) is 43.7 Å². The highest BCUT2D eigenvalue weighted by molar-refractivity contribution is 9.10. The van der Waals surface area contributed by atoms with Crippen LogP contribution in [0, 0.1) is 5.41 Å². The van der Waals surface area contributed by atoms with Crippen molar-refractivity contribution in [1.29, 1.82) is 0 Å². The summed E-state index contributed by atoms with van der Waals surface area (Å²) < 4.78 is 8.35. The van der Waals surface area contributed by atoms with Crippen LogP contribution in [0.25, 0.3) is 10.9 Å². The van der Waals surface area contributed by atoms with Gasteiger partial charge in [0.15, 0.2) is 5.78 Å². The maximum Gasteiger partial charge on any atom is 0.305 e. The molecule has 0 fully saturated rings. The summed E-state index contributed by atoms with van der Waals surface area (Å²) in [5.41, 5.74) is 3.22. The molecule has 0 radical (unpaired) electrons. The molecule has 0 unspecified atom stereocenters. The predicted octanol–water partition coefficient (Wildman–Crippen LogP) is 5.68. The number of aromatic nitrogens is 1. The first-order valence-electron chi connectivity index (χ1n) is 9.82. The number of carbonyl (C=O) groups excluding carboxylic acids is 2. The van der Waals surface area contributed by atoms with Gasteiger partial charge in [-0.3, -0.25) is 9.59 Å². The van der Waals surface area contributed by atoms with Crippen molar-refractivity contribution in [3.05, 3.63) is 33.9 Å². The Morgan fingerprint density at radius 2 is 2.00 bits per heavy atom. The lowest BCUT2D eigenvalue weighted by Gasteiger charge is -2.29. The van der Waals surface area contributed by atoms with Gasteiger partial charge in [-0.25, -0.2) is 0 Å². The largest absolute Gasteiger partial charge is 0.466 e. The van der Waals surface area contributed by atoms with E-state index in [2.05, 4.69) is 46.5 Å². The first-order valence-corrected chi connectivity index (χ1v) is 10.6. The molecule has 0 spiro atoms. The lowest BCUT2D eigenvalue weighted by atomic mass is 9.75. The summed E-state index contributed by atoms with van der Waals surface area (Å²) in [5, 5.41) is 1.07. The van der Waals surface area contributed by atoms with Crippen LogP contribution in [0.2, 0.25) is 0 Å². The normalized spacial score (nSPS) is 15.8. The highest BCUT2D eigenvalue weighted by Crippen LogP contribution is 2.40. The van der Waals surface area contributed by atoms with E-state index in [1.807, 2.05) is 13.0 Å². The lowest BCUT2D eigenvalue weighted by Crippen LogP contribution is -2.28. The van der Waals surface area contributed by atoms with Crippen molar-refractivity contribution in [3.8, 4) is 0 Å². The van der Waals surface area contributed by atoms with Crippen LogP contribution in [-0.2, 0) is 22.5 Å². The number of Topliss-reactive ketones (excluding diaryl/α,β-unsaturated/α-hetero) is 1. The van der Waals surface area contributed by atoms with Gasteiger partial charge in [-0.2, -0.15) is 0 Å². The number of aryl methyl sites for hydroxylation is 1. The second-order valence-electron chi connectivity index (χ2n) is 8.19. The lowest BCUT2D eigenvalue weighted by molar-refractivity contribution is -0.143. The third kappa shape index (κ3) is 4.45. The smallest absolute Gasteiger partial charge is 0.305 e. The van der Waals surface area contributed by atoms with Gasteiger partial charge in [0, 0.05) is 40.5 Å². The van der Waals surface area contributed by atoms with Crippen LogP contribution in [0.3, 0.4) is 0 Å². The van der Waals surface area contributed by atoms with E-state index in [0.717, 1.165) is 53.2 Å². The molecule has 1 aromatic carbocycles. The van der Waals surface area contributed by atoms with Gasteiger partial charge in [-0.1, -0.05) is 42.3 Å². The van der Waals surface area contributed by atoms with Crippen LogP contribution >= 0.6 is 15.9 Å². The van der Waals surface area contributed by atoms with E-state index >= 15 is 0 Å². The Morgan fingerprint density at radius 1 is 1.22 bits per heavy atom. The first kappa shape index (κ1) is 20.1. The van der Waals surface area contributed by atoms with E-state index in [1.165, 1.54) is 5.69 Å². The summed E-state index contributed by atoms with van der Waals surface area (Å²) in [6.45, 7) is 7.49. The molecule has 2 aromatic rings. The van der Waals surface area contributed by atoms with Gasteiger partial charge >= 0.3 is 5.97 Å². The van der Waals surface area contributed by atoms with Crippen LogP contribution in [0.4, 0.5) is 0 Å². The fraction of sp³-hybridized carbons (Fsp3) is 0.545. The number of nitrogens with zero attached hydrogens (tertiary/aromatic N) is 1. The number of halogens is 1. The van der Waals surface area contributed by atoms with Crippen LogP contribution < -0.4 is 0 Å². The molecular formula is C22H28BrNO3. The molecule has 0 amide bonds. The van der Waals surface area contributed by atoms with Crippen molar-refractivity contribution in [2.75, 3.05) is 6.61 Å². The summed E-state index contributed by atoms with van der Waals surface area (Å²) >= 11 is 3.57. The summed E-state index contributed by atoms with van der Waals surface area (Å²) in [4.78, 5) is 24.3. The molecule has 5 heteroatoms. The molecule has 0 atom stereocenters. The van der Waals surface area contributed by atoms with Crippen LogP contribution in [0.5, 0.6) is 0 Å². The maximum absolute atomic E-state index is 12.8. The zero-order valence-corrected chi connectivity index (χ0v) is 18.0. The zero-order valence-electron chi connectivity index (χ0n) is 16.4. The minimum atomic E-state index is -0.113. The van der Waals surface area contributed by atoms with E-state index in [1.54, 1.807) is 0 Å². The third-order valence-electron chi connectivity index (χ3n) is 5.27. The molecule has 0 saturated heterocycles. The zero-order chi connectivity index (χ0) is 19.6. The molecule has 0 N–H and O–H groups in total. The van der Waals surface area contributed by atoms with Crippen molar-refractivity contribution in [1.82, 2.24) is 4.57 Å². The molecule has 0 saturated carbocycles. The third-order valence-corrected chi connectivity index (χ3v) is 5.76. The first-order chi connectivity index (χ1) is 12.8. The number of hydrogen-bond acceptors (Lipinski definition) is 3. The molecule has 1 aliphatic carbocycles. The molecule has 27 heavy (non-hydrogen) atoms. The molecule has 1 heterocycles. The standard InChI is InChI=1S/C22H28BrNO3/c1-4-27-20(26)8-6-5-7-11-24-17-12-15(23)9-10-16(17)21-18(24)13-22(2,3)14-19(21)25/h9-10,12H,4-8,11,13-14H2,1-3H3. The van der Waals surface area contributed by atoms with Crippen molar-refractivity contribution >= 4 is 38.6 Å². The summed E-state index contributed by atoms with van der Waals surface area (Å²) in [6, 6.07) is 6.19. The molecule has 4 nitrogen and oxygen atoms in total. The Hall–Kier alpha value is -1.62. The number of unbranched alkanes of at least 4 members (excludes halogenated alkanes) is 2. The van der Waals surface area contributed by atoms with Crippen molar-refractivity contribution in [3.63, 3.8) is 0 Å². The number of hydrogen-bond donors (Lipinski definition) is 0. The number of rotatable bonds is 7. The Labute approximate surface area is 169 Å². The van der Waals surface area contributed by atoms with Gasteiger partial charge in [0.1, 0.15) is 0 Å². The molecule has 0 aliphatic heterocycles. The quantitative estimate of drug-likeness (QED) is 0.416. The van der Waals surface area contributed by atoms with Gasteiger partial charge in [-0.15, -0.1) is 0 Å². The van der Waals surface area contributed by atoms with Gasteiger partial charge in [0.2, 0.25) is 0 Å². The number of esters is 1. The van der Waals surface area contributed by atoms with Crippen molar-refractivity contribution < 1.29 is 14.3 Å². The molecule has 0 bridgehead atoms. The van der Waals surface area contributed by atoms with Crippen LogP contribution in [0.1, 0.15) is 68.9 Å². The Kier molecular flexibility index (Phi) is 6.09. The molecule has 1 aromatic heterocycles. The minimum absolute atomic E-state index is 0.00263. The summed E-state index contributed by atoms with van der Waals surface area (Å²) in [7, 11) is 0. The average Bonchev–Trinajstić information content (AvgIpc) is 2.86. The molecule has 3 rings (SSSR count). The highest BCUT2D eigenvalue weighted by Gasteiger charge is 2.35. The van der Waals surface area contributed by atoms with Gasteiger partial charge in [0.25, 0.3) is 0 Å². The van der Waals surface area contributed by atoms with E-state index < -0.39 is 0 Å². The molecule has 146 valence electrons.